The lowest BCUT2D eigenvalue weighted by molar-refractivity contribution is 0.0697. The van der Waals surface area contributed by atoms with Gasteiger partial charge in [0.1, 0.15) is 5.82 Å². The van der Waals surface area contributed by atoms with Crippen molar-refractivity contribution < 1.29 is 9.90 Å². The molecule has 20 heavy (non-hydrogen) atoms. The van der Waals surface area contributed by atoms with Gasteiger partial charge in [0.25, 0.3) is 0 Å². The molecule has 1 heterocycles. The minimum absolute atomic E-state index is 0.289. The van der Waals surface area contributed by atoms with E-state index in [1.54, 1.807) is 30.5 Å². The average Bonchev–Trinajstić information content (AvgIpc) is 2.46. The summed E-state index contributed by atoms with van der Waals surface area (Å²) in [6.45, 7) is 5.18. The first-order valence-corrected chi connectivity index (χ1v) is 6.60. The molecule has 1 aromatic carbocycles. The van der Waals surface area contributed by atoms with Crippen LogP contribution in [-0.2, 0) is 0 Å². The van der Waals surface area contributed by atoms with Crippen LogP contribution in [0.25, 0.3) is 11.1 Å². The number of pyridine rings is 1. The van der Waals surface area contributed by atoms with Crippen molar-refractivity contribution in [1.82, 2.24) is 4.98 Å². The smallest absolute Gasteiger partial charge is 0.335 e. The van der Waals surface area contributed by atoms with Gasteiger partial charge in [-0.15, -0.1) is 0 Å². The summed E-state index contributed by atoms with van der Waals surface area (Å²) in [4.78, 5) is 15.2. The van der Waals surface area contributed by atoms with Crippen LogP contribution in [0.1, 0.15) is 24.2 Å². The fourth-order valence-electron chi connectivity index (χ4n) is 1.78. The van der Waals surface area contributed by atoms with Crippen LogP contribution in [0, 0.1) is 5.92 Å². The van der Waals surface area contributed by atoms with Crippen LogP contribution in [0.5, 0.6) is 0 Å². The van der Waals surface area contributed by atoms with Gasteiger partial charge in [-0.2, -0.15) is 0 Å². The molecule has 0 atom stereocenters. The quantitative estimate of drug-likeness (QED) is 0.872. The molecule has 0 radical (unpaired) electrons. The summed E-state index contributed by atoms with van der Waals surface area (Å²) in [5, 5.41) is 12.1. The van der Waals surface area contributed by atoms with Crippen molar-refractivity contribution >= 4 is 11.8 Å². The Morgan fingerprint density at radius 2 is 1.80 bits per heavy atom. The highest BCUT2D eigenvalue weighted by atomic mass is 16.4. The molecule has 0 saturated heterocycles. The minimum Gasteiger partial charge on any atom is -0.478 e. The van der Waals surface area contributed by atoms with E-state index in [0.29, 0.717) is 5.92 Å². The van der Waals surface area contributed by atoms with Gasteiger partial charge in [-0.05, 0) is 35.7 Å². The Bertz CT molecular complexity index is 574. The highest BCUT2D eigenvalue weighted by Gasteiger charge is 2.04. The van der Waals surface area contributed by atoms with E-state index >= 15 is 0 Å². The monoisotopic (exact) mass is 270 g/mol. The van der Waals surface area contributed by atoms with Crippen molar-refractivity contribution in [3.63, 3.8) is 0 Å². The van der Waals surface area contributed by atoms with Gasteiger partial charge in [-0.1, -0.05) is 26.0 Å². The van der Waals surface area contributed by atoms with Gasteiger partial charge in [-0.25, -0.2) is 9.78 Å². The number of carbonyl (C=O) groups is 1. The Morgan fingerprint density at radius 1 is 1.15 bits per heavy atom. The number of nitrogens with zero attached hydrogens (tertiary/aromatic N) is 1. The van der Waals surface area contributed by atoms with E-state index in [-0.39, 0.29) is 5.56 Å². The molecule has 0 spiro atoms. The SMILES string of the molecule is CC(C)CNc1ccc(-c2ccc(C(=O)O)cc2)cn1. The maximum atomic E-state index is 10.8. The zero-order valence-electron chi connectivity index (χ0n) is 11.6. The molecule has 4 nitrogen and oxygen atoms in total. The predicted molar refractivity (Wildman–Crippen MR) is 80.0 cm³/mol. The van der Waals surface area contributed by atoms with Gasteiger partial charge in [-0.3, -0.25) is 0 Å². The standard InChI is InChI=1S/C16H18N2O2/c1-11(2)9-17-15-8-7-14(10-18-15)12-3-5-13(6-4-12)16(19)20/h3-8,10-11H,9H2,1-2H3,(H,17,18)(H,19,20). The first kappa shape index (κ1) is 14.1. The molecule has 0 unspecified atom stereocenters. The largest absolute Gasteiger partial charge is 0.478 e. The summed E-state index contributed by atoms with van der Waals surface area (Å²) in [7, 11) is 0. The van der Waals surface area contributed by atoms with Crippen LogP contribution < -0.4 is 5.32 Å². The lowest BCUT2D eigenvalue weighted by Gasteiger charge is -2.08. The van der Waals surface area contributed by atoms with E-state index in [2.05, 4.69) is 24.1 Å². The molecule has 0 amide bonds. The molecule has 4 heteroatoms. The molecule has 0 fully saturated rings. The lowest BCUT2D eigenvalue weighted by atomic mass is 10.1. The van der Waals surface area contributed by atoms with Gasteiger partial charge >= 0.3 is 5.97 Å². The minimum atomic E-state index is -0.914. The maximum absolute atomic E-state index is 10.8. The van der Waals surface area contributed by atoms with Crippen LogP contribution in [0.15, 0.2) is 42.6 Å². The Labute approximate surface area is 118 Å². The van der Waals surface area contributed by atoms with Gasteiger partial charge in [0, 0.05) is 18.3 Å². The number of benzene rings is 1. The van der Waals surface area contributed by atoms with E-state index in [1.165, 1.54) is 0 Å². The van der Waals surface area contributed by atoms with E-state index in [9.17, 15) is 4.79 Å². The summed E-state index contributed by atoms with van der Waals surface area (Å²) >= 11 is 0. The fraction of sp³-hybridized carbons (Fsp3) is 0.250. The molecule has 2 rings (SSSR count). The molecule has 2 aromatic rings. The number of aromatic carboxylic acids is 1. The van der Waals surface area contributed by atoms with Crippen molar-refractivity contribution in [3.8, 4) is 11.1 Å². The molecule has 1 aromatic heterocycles. The number of nitrogens with one attached hydrogen (secondary N) is 1. The highest BCUT2D eigenvalue weighted by molar-refractivity contribution is 5.88. The van der Waals surface area contributed by atoms with Gasteiger partial charge in [0.2, 0.25) is 0 Å². The fourth-order valence-corrected chi connectivity index (χ4v) is 1.78. The number of carboxylic acids is 1. The van der Waals surface area contributed by atoms with Gasteiger partial charge in [0.15, 0.2) is 0 Å². The summed E-state index contributed by atoms with van der Waals surface area (Å²) in [5.74, 6) is 0.507. The van der Waals surface area contributed by atoms with E-state index < -0.39 is 5.97 Å². The lowest BCUT2D eigenvalue weighted by Crippen LogP contribution is -2.08. The van der Waals surface area contributed by atoms with Crippen molar-refractivity contribution in [2.24, 2.45) is 5.92 Å². The summed E-state index contributed by atoms with van der Waals surface area (Å²) < 4.78 is 0. The van der Waals surface area contributed by atoms with Crippen LogP contribution in [0.4, 0.5) is 5.82 Å². The van der Waals surface area contributed by atoms with Crippen molar-refractivity contribution in [3.05, 3.63) is 48.2 Å². The molecule has 0 saturated carbocycles. The zero-order valence-corrected chi connectivity index (χ0v) is 11.6. The number of aromatic nitrogens is 1. The molecule has 104 valence electrons. The molecule has 0 aliphatic heterocycles. The number of hydrogen-bond donors (Lipinski definition) is 2. The summed E-state index contributed by atoms with van der Waals surface area (Å²) in [6.07, 6.45) is 1.79. The highest BCUT2D eigenvalue weighted by Crippen LogP contribution is 2.20. The third-order valence-electron chi connectivity index (χ3n) is 2.92. The average molecular weight is 270 g/mol. The Balaban J connectivity index is 2.11. The van der Waals surface area contributed by atoms with Gasteiger partial charge in [0.05, 0.1) is 5.56 Å². The second-order valence-electron chi connectivity index (χ2n) is 5.09. The molecule has 0 aliphatic rings. The molecular formula is C16H18N2O2. The van der Waals surface area contributed by atoms with E-state index in [0.717, 1.165) is 23.5 Å². The topological polar surface area (TPSA) is 62.2 Å². The van der Waals surface area contributed by atoms with E-state index in [1.807, 2.05) is 12.1 Å². The van der Waals surface area contributed by atoms with Crippen LogP contribution in [0.2, 0.25) is 0 Å². The van der Waals surface area contributed by atoms with Gasteiger partial charge < -0.3 is 10.4 Å². The van der Waals surface area contributed by atoms with Crippen LogP contribution in [-0.4, -0.2) is 22.6 Å². The molecule has 0 bridgehead atoms. The molecular weight excluding hydrogens is 252 g/mol. The Hall–Kier alpha value is -2.36. The first-order valence-electron chi connectivity index (χ1n) is 6.60. The van der Waals surface area contributed by atoms with E-state index in [4.69, 9.17) is 5.11 Å². The predicted octanol–water partition coefficient (Wildman–Crippen LogP) is 3.51. The molecule has 0 aliphatic carbocycles. The maximum Gasteiger partial charge on any atom is 0.335 e. The van der Waals surface area contributed by atoms with Crippen molar-refractivity contribution in [2.45, 2.75) is 13.8 Å². The number of hydrogen-bond acceptors (Lipinski definition) is 3. The molecule has 2 N–H and O–H groups in total. The van der Waals surface area contributed by atoms with Crippen LogP contribution >= 0.6 is 0 Å². The Kier molecular flexibility index (Phi) is 4.35. The second kappa shape index (κ2) is 6.19. The number of carboxylic acid groups (broad SMARTS) is 1. The Morgan fingerprint density at radius 3 is 2.30 bits per heavy atom. The zero-order chi connectivity index (χ0) is 14.5. The summed E-state index contributed by atoms with van der Waals surface area (Å²) in [6, 6.07) is 10.7. The van der Waals surface area contributed by atoms with Crippen molar-refractivity contribution in [2.75, 3.05) is 11.9 Å². The van der Waals surface area contributed by atoms with Crippen molar-refractivity contribution in [1.29, 1.82) is 0 Å². The summed E-state index contributed by atoms with van der Waals surface area (Å²) in [5.41, 5.74) is 2.21. The second-order valence-corrected chi connectivity index (χ2v) is 5.09. The first-order chi connectivity index (χ1) is 9.56. The third-order valence-corrected chi connectivity index (χ3v) is 2.92. The number of anilines is 1. The normalized spacial score (nSPS) is 10.6. The van der Waals surface area contributed by atoms with Crippen LogP contribution in [0.3, 0.4) is 0 Å². The number of rotatable bonds is 5. The third kappa shape index (κ3) is 3.57.